The van der Waals surface area contributed by atoms with Gasteiger partial charge in [-0.15, -0.1) is 0 Å². The molecule has 8 atom stereocenters. The highest BCUT2D eigenvalue weighted by atomic mass is 16.1. The number of hydrogen-bond donors (Lipinski definition) is 1. The van der Waals surface area contributed by atoms with E-state index >= 15 is 0 Å². The quantitative estimate of drug-likeness (QED) is 0.784. The van der Waals surface area contributed by atoms with E-state index in [1.807, 2.05) is 0 Å². The second kappa shape index (κ2) is 5.47. The van der Waals surface area contributed by atoms with E-state index < -0.39 is 0 Å². The van der Waals surface area contributed by atoms with E-state index in [0.717, 1.165) is 23.7 Å². The van der Waals surface area contributed by atoms with Gasteiger partial charge in [0.1, 0.15) is 0 Å². The number of nitrogens with two attached hydrogens (primary N) is 1. The van der Waals surface area contributed by atoms with Crippen molar-refractivity contribution < 1.29 is 4.79 Å². The van der Waals surface area contributed by atoms with E-state index in [4.69, 9.17) is 5.73 Å². The van der Waals surface area contributed by atoms with Gasteiger partial charge >= 0.3 is 0 Å². The van der Waals surface area contributed by atoms with E-state index in [-0.39, 0.29) is 11.8 Å². The number of allylic oxidation sites excluding steroid dienone is 4. The molecule has 4 aliphatic carbocycles. The number of hydrogen-bond acceptors (Lipinski definition) is 1. The van der Waals surface area contributed by atoms with Crippen LogP contribution < -0.4 is 5.73 Å². The third-order valence-electron chi connectivity index (χ3n) is 8.88. The van der Waals surface area contributed by atoms with Crippen molar-refractivity contribution >= 4 is 5.91 Å². The summed E-state index contributed by atoms with van der Waals surface area (Å²) >= 11 is 0. The van der Waals surface area contributed by atoms with Crippen LogP contribution in [-0.4, -0.2) is 5.91 Å². The molecule has 4 rings (SSSR count). The van der Waals surface area contributed by atoms with Crippen molar-refractivity contribution in [1.29, 1.82) is 0 Å². The van der Waals surface area contributed by atoms with Crippen molar-refractivity contribution in [3.8, 4) is 0 Å². The summed E-state index contributed by atoms with van der Waals surface area (Å²) in [6.07, 6.45) is 17.3. The lowest BCUT2D eigenvalue weighted by atomic mass is 9.46. The van der Waals surface area contributed by atoms with Gasteiger partial charge in [-0.2, -0.15) is 0 Å². The minimum Gasteiger partial charge on any atom is -0.369 e. The maximum absolute atomic E-state index is 11.8. The average molecular weight is 328 g/mol. The molecule has 0 spiro atoms. The molecule has 4 aliphatic rings. The molecule has 2 N–H and O–H groups in total. The molecule has 2 nitrogen and oxygen atoms in total. The first kappa shape index (κ1) is 16.4. The Morgan fingerprint density at radius 1 is 1.08 bits per heavy atom. The molecule has 3 saturated carbocycles. The Balaban J connectivity index is 1.63. The summed E-state index contributed by atoms with van der Waals surface area (Å²) in [5.41, 5.74) is 6.36. The van der Waals surface area contributed by atoms with Gasteiger partial charge in [0.2, 0.25) is 5.91 Å². The lowest BCUT2D eigenvalue weighted by Gasteiger charge is -2.58. The Bertz CT molecular complexity index is 593. The minimum atomic E-state index is -0.0972. The lowest BCUT2D eigenvalue weighted by Crippen LogP contribution is -2.52. The monoisotopic (exact) mass is 327 g/mol. The summed E-state index contributed by atoms with van der Waals surface area (Å²) < 4.78 is 0. The molecule has 0 saturated heterocycles. The fourth-order valence-electron chi connectivity index (χ4n) is 7.49. The average Bonchev–Trinajstić information content (AvgIpc) is 2.90. The van der Waals surface area contributed by atoms with Crippen molar-refractivity contribution in [1.82, 2.24) is 0 Å². The molecule has 0 radical (unpaired) electrons. The first-order valence-corrected chi connectivity index (χ1v) is 10.0. The Morgan fingerprint density at radius 2 is 1.88 bits per heavy atom. The molecule has 2 heteroatoms. The van der Waals surface area contributed by atoms with Gasteiger partial charge in [-0.05, 0) is 78.9 Å². The highest BCUT2D eigenvalue weighted by Gasteiger charge is 2.59. The predicted molar refractivity (Wildman–Crippen MR) is 98.0 cm³/mol. The second-order valence-electron chi connectivity index (χ2n) is 9.59. The molecule has 0 bridgehead atoms. The molecule has 0 aromatic carbocycles. The fraction of sp³-hybridized carbons (Fsp3) is 0.773. The molecule has 0 heterocycles. The van der Waals surface area contributed by atoms with Crippen LogP contribution in [0.2, 0.25) is 0 Å². The SMILES string of the molecule is CC(C(N)=O)[C@H]1CC[C@H]2[C@@H]3CCC4C=CC=C[C@]4(C)[C@H]3CC[C@]12C. The van der Waals surface area contributed by atoms with Gasteiger partial charge in [0.25, 0.3) is 0 Å². The first-order chi connectivity index (χ1) is 11.4. The topological polar surface area (TPSA) is 43.1 Å². The van der Waals surface area contributed by atoms with Gasteiger partial charge in [0, 0.05) is 5.92 Å². The van der Waals surface area contributed by atoms with Gasteiger partial charge in [-0.1, -0.05) is 45.1 Å². The summed E-state index contributed by atoms with van der Waals surface area (Å²) in [7, 11) is 0. The van der Waals surface area contributed by atoms with Crippen molar-refractivity contribution in [2.45, 2.75) is 59.3 Å². The zero-order valence-corrected chi connectivity index (χ0v) is 15.5. The molecule has 0 aromatic heterocycles. The number of rotatable bonds is 2. The Hall–Kier alpha value is -1.05. The van der Waals surface area contributed by atoms with Gasteiger partial charge in [-0.25, -0.2) is 0 Å². The summed E-state index contributed by atoms with van der Waals surface area (Å²) in [6.45, 7) is 7.06. The maximum Gasteiger partial charge on any atom is 0.220 e. The van der Waals surface area contributed by atoms with Gasteiger partial charge < -0.3 is 5.73 Å². The summed E-state index contributed by atoms with van der Waals surface area (Å²) in [6, 6.07) is 0. The van der Waals surface area contributed by atoms with Crippen LogP contribution in [0.15, 0.2) is 24.3 Å². The predicted octanol–water partition coefficient (Wildman–Crippen LogP) is 4.71. The third kappa shape index (κ3) is 2.10. The normalized spacial score (nSPS) is 50.7. The number of fused-ring (bicyclic) bond motifs is 5. The largest absolute Gasteiger partial charge is 0.369 e. The zero-order valence-electron chi connectivity index (χ0n) is 15.5. The standard InChI is InChI=1S/C22H33NO/c1-14(20(23)24)17-9-10-18-16-8-7-15-6-4-5-12-21(15,2)19(16)11-13-22(17,18)3/h4-6,12,14-19H,7-11,13H2,1-3H3,(H2,23,24)/t14?,15?,16-,17+,18-,19-,21-,22+/m0/s1. The van der Waals surface area contributed by atoms with Crippen LogP contribution in [0.5, 0.6) is 0 Å². The molecule has 1 amide bonds. The number of primary amides is 1. The van der Waals surface area contributed by atoms with Crippen LogP contribution >= 0.6 is 0 Å². The van der Waals surface area contributed by atoms with Gasteiger partial charge in [0.15, 0.2) is 0 Å². The van der Waals surface area contributed by atoms with Gasteiger partial charge in [-0.3, -0.25) is 4.79 Å². The highest BCUT2D eigenvalue weighted by molar-refractivity contribution is 5.76. The molecule has 2 unspecified atom stereocenters. The van der Waals surface area contributed by atoms with Crippen molar-refractivity contribution in [3.05, 3.63) is 24.3 Å². The van der Waals surface area contributed by atoms with Crippen LogP contribution in [0, 0.1) is 46.3 Å². The first-order valence-electron chi connectivity index (χ1n) is 10.0. The Morgan fingerprint density at radius 3 is 2.62 bits per heavy atom. The van der Waals surface area contributed by atoms with Crippen LogP contribution in [0.4, 0.5) is 0 Å². The molecule has 0 aliphatic heterocycles. The van der Waals surface area contributed by atoms with Crippen LogP contribution in [-0.2, 0) is 4.79 Å². The van der Waals surface area contributed by atoms with E-state index in [0.29, 0.717) is 16.7 Å². The molecular formula is C22H33NO. The molecular weight excluding hydrogens is 294 g/mol. The smallest absolute Gasteiger partial charge is 0.220 e. The van der Waals surface area contributed by atoms with E-state index in [1.165, 1.54) is 38.5 Å². The number of carbonyl (C=O) groups excluding carboxylic acids is 1. The molecule has 24 heavy (non-hydrogen) atoms. The summed E-state index contributed by atoms with van der Waals surface area (Å²) in [5, 5.41) is 0. The summed E-state index contributed by atoms with van der Waals surface area (Å²) in [4.78, 5) is 11.8. The lowest BCUT2D eigenvalue weighted by molar-refractivity contribution is -0.126. The highest BCUT2D eigenvalue weighted by Crippen LogP contribution is 2.67. The number of carbonyl (C=O) groups is 1. The van der Waals surface area contributed by atoms with E-state index in [9.17, 15) is 4.79 Å². The van der Waals surface area contributed by atoms with Crippen LogP contribution in [0.25, 0.3) is 0 Å². The summed E-state index contributed by atoms with van der Waals surface area (Å²) in [5.74, 6) is 3.61. The Labute approximate surface area is 147 Å². The minimum absolute atomic E-state index is 0.0287. The zero-order chi connectivity index (χ0) is 17.1. The molecule has 3 fully saturated rings. The fourth-order valence-corrected chi connectivity index (χ4v) is 7.49. The maximum atomic E-state index is 11.8. The molecule has 0 aromatic rings. The van der Waals surface area contributed by atoms with Crippen LogP contribution in [0.3, 0.4) is 0 Å². The van der Waals surface area contributed by atoms with Crippen molar-refractivity contribution in [2.75, 3.05) is 0 Å². The van der Waals surface area contributed by atoms with E-state index in [2.05, 4.69) is 45.1 Å². The van der Waals surface area contributed by atoms with E-state index in [1.54, 1.807) is 0 Å². The van der Waals surface area contributed by atoms with Crippen molar-refractivity contribution in [3.63, 3.8) is 0 Å². The third-order valence-corrected chi connectivity index (χ3v) is 8.88. The van der Waals surface area contributed by atoms with Crippen LogP contribution in [0.1, 0.15) is 59.3 Å². The van der Waals surface area contributed by atoms with Gasteiger partial charge in [0.05, 0.1) is 0 Å². The molecule has 132 valence electrons. The Kier molecular flexibility index (Phi) is 3.75. The van der Waals surface area contributed by atoms with Crippen molar-refractivity contribution in [2.24, 2.45) is 52.1 Å². The number of amides is 1. The second-order valence-corrected chi connectivity index (χ2v) is 9.59.